The van der Waals surface area contributed by atoms with Crippen LogP contribution >= 0.6 is 15.9 Å². The van der Waals surface area contributed by atoms with Gasteiger partial charge in [0.2, 0.25) is 5.82 Å². The number of nitrogens with zero attached hydrogens (tertiary/aromatic N) is 4. The molecule has 0 fully saturated rings. The van der Waals surface area contributed by atoms with E-state index in [9.17, 15) is 4.79 Å². The van der Waals surface area contributed by atoms with Crippen LogP contribution in [-0.4, -0.2) is 25.9 Å². The average molecular weight is 405 g/mol. The summed E-state index contributed by atoms with van der Waals surface area (Å²) in [6.07, 6.45) is 0.231. The third-order valence-corrected chi connectivity index (χ3v) is 4.03. The Morgan fingerprint density at radius 2 is 2.16 bits per heavy atom. The standard InChI is InChI=1S/C17H17BrN4O3/c1-11-8-12(2)22(20-11)7-6-16(23)24-10-15-19-17(21-25-15)13-4-3-5-14(18)9-13/h3-5,8-9H,6-7,10H2,1-2H3. The molecule has 7 nitrogen and oxygen atoms in total. The van der Waals surface area contributed by atoms with Crippen molar-refractivity contribution in [1.82, 2.24) is 19.9 Å². The lowest BCUT2D eigenvalue weighted by molar-refractivity contribution is -0.146. The van der Waals surface area contributed by atoms with Gasteiger partial charge in [-0.1, -0.05) is 33.2 Å². The van der Waals surface area contributed by atoms with Gasteiger partial charge in [-0.05, 0) is 32.0 Å². The number of hydrogen-bond donors (Lipinski definition) is 0. The Labute approximate surface area is 153 Å². The molecule has 3 rings (SSSR count). The van der Waals surface area contributed by atoms with Crippen LogP contribution in [0.3, 0.4) is 0 Å². The number of aromatic nitrogens is 4. The average Bonchev–Trinajstić information content (AvgIpc) is 3.17. The van der Waals surface area contributed by atoms with Gasteiger partial charge in [-0.15, -0.1) is 0 Å². The molecule has 0 aliphatic carbocycles. The number of carbonyl (C=O) groups is 1. The molecule has 0 unspecified atom stereocenters. The summed E-state index contributed by atoms with van der Waals surface area (Å²) < 4.78 is 13.0. The molecule has 1 aromatic carbocycles. The van der Waals surface area contributed by atoms with E-state index in [2.05, 4.69) is 31.2 Å². The number of rotatable bonds is 6. The van der Waals surface area contributed by atoms with Crippen LogP contribution in [0.5, 0.6) is 0 Å². The predicted octanol–water partition coefficient (Wildman–Crippen LogP) is 3.45. The quantitative estimate of drug-likeness (QED) is 0.585. The van der Waals surface area contributed by atoms with E-state index in [0.717, 1.165) is 21.4 Å². The summed E-state index contributed by atoms with van der Waals surface area (Å²) in [7, 11) is 0. The second kappa shape index (κ2) is 7.60. The van der Waals surface area contributed by atoms with Crippen molar-refractivity contribution >= 4 is 21.9 Å². The van der Waals surface area contributed by atoms with Gasteiger partial charge in [0.1, 0.15) is 0 Å². The van der Waals surface area contributed by atoms with Crippen LogP contribution in [0.15, 0.2) is 39.3 Å². The van der Waals surface area contributed by atoms with Gasteiger partial charge in [-0.25, -0.2) is 0 Å². The highest BCUT2D eigenvalue weighted by Gasteiger charge is 2.12. The molecule has 2 aromatic heterocycles. The van der Waals surface area contributed by atoms with E-state index in [1.807, 2.05) is 44.2 Å². The Morgan fingerprint density at radius 1 is 1.32 bits per heavy atom. The normalized spacial score (nSPS) is 10.8. The Morgan fingerprint density at radius 3 is 2.88 bits per heavy atom. The molecule has 25 heavy (non-hydrogen) atoms. The Bertz CT molecular complexity index is 888. The van der Waals surface area contributed by atoms with Crippen molar-refractivity contribution in [1.29, 1.82) is 0 Å². The highest BCUT2D eigenvalue weighted by atomic mass is 79.9. The van der Waals surface area contributed by atoms with Gasteiger partial charge in [-0.2, -0.15) is 10.1 Å². The molecule has 0 spiro atoms. The van der Waals surface area contributed by atoms with Crippen molar-refractivity contribution in [3.8, 4) is 11.4 Å². The first-order valence-corrected chi connectivity index (χ1v) is 8.56. The van der Waals surface area contributed by atoms with Crippen LogP contribution in [0.25, 0.3) is 11.4 Å². The Balaban J connectivity index is 1.52. The van der Waals surface area contributed by atoms with Gasteiger partial charge in [0.25, 0.3) is 5.89 Å². The zero-order valence-electron chi connectivity index (χ0n) is 13.9. The summed E-state index contributed by atoms with van der Waals surface area (Å²) in [5, 5.41) is 8.21. The number of aryl methyl sites for hydroxylation is 3. The molecule has 0 aliphatic rings. The first-order chi connectivity index (χ1) is 12.0. The minimum atomic E-state index is -0.338. The molecular formula is C17H17BrN4O3. The maximum Gasteiger partial charge on any atom is 0.308 e. The number of benzene rings is 1. The maximum atomic E-state index is 11.9. The van der Waals surface area contributed by atoms with Crippen LogP contribution in [0.1, 0.15) is 23.7 Å². The summed E-state index contributed by atoms with van der Waals surface area (Å²) >= 11 is 3.40. The fraction of sp³-hybridized carbons (Fsp3) is 0.294. The van der Waals surface area contributed by atoms with E-state index in [0.29, 0.717) is 12.4 Å². The number of halogens is 1. The van der Waals surface area contributed by atoms with E-state index < -0.39 is 0 Å². The van der Waals surface area contributed by atoms with Crippen LogP contribution in [-0.2, 0) is 22.7 Å². The molecule has 0 radical (unpaired) electrons. The lowest BCUT2D eigenvalue weighted by Gasteiger charge is -2.04. The van der Waals surface area contributed by atoms with E-state index in [1.165, 1.54) is 0 Å². The molecule has 0 saturated carbocycles. The molecule has 0 N–H and O–H groups in total. The number of hydrogen-bond acceptors (Lipinski definition) is 6. The van der Waals surface area contributed by atoms with Crippen LogP contribution in [0.2, 0.25) is 0 Å². The van der Waals surface area contributed by atoms with Gasteiger partial charge >= 0.3 is 5.97 Å². The summed E-state index contributed by atoms with van der Waals surface area (Å²) in [6, 6.07) is 9.52. The molecule has 2 heterocycles. The van der Waals surface area contributed by atoms with Crippen LogP contribution in [0, 0.1) is 13.8 Å². The van der Waals surface area contributed by atoms with Crippen molar-refractivity contribution < 1.29 is 14.1 Å². The van der Waals surface area contributed by atoms with Crippen molar-refractivity contribution in [2.45, 2.75) is 33.4 Å². The summed E-state index contributed by atoms with van der Waals surface area (Å²) in [6.45, 7) is 4.30. The predicted molar refractivity (Wildman–Crippen MR) is 93.5 cm³/mol. The largest absolute Gasteiger partial charge is 0.455 e. The highest BCUT2D eigenvalue weighted by molar-refractivity contribution is 9.10. The molecule has 8 heteroatoms. The monoisotopic (exact) mass is 404 g/mol. The minimum Gasteiger partial charge on any atom is -0.455 e. The van der Waals surface area contributed by atoms with Crippen molar-refractivity contribution in [3.63, 3.8) is 0 Å². The van der Waals surface area contributed by atoms with Crippen LogP contribution < -0.4 is 0 Å². The van der Waals surface area contributed by atoms with Gasteiger partial charge in [0, 0.05) is 15.7 Å². The lowest BCUT2D eigenvalue weighted by Crippen LogP contribution is -2.11. The Kier molecular flexibility index (Phi) is 5.28. The topological polar surface area (TPSA) is 83.0 Å². The smallest absolute Gasteiger partial charge is 0.308 e. The van der Waals surface area contributed by atoms with Crippen molar-refractivity contribution in [3.05, 3.63) is 52.1 Å². The molecular weight excluding hydrogens is 388 g/mol. The van der Waals surface area contributed by atoms with E-state index in [-0.39, 0.29) is 24.9 Å². The zero-order chi connectivity index (χ0) is 17.8. The molecule has 0 bridgehead atoms. The van der Waals surface area contributed by atoms with Gasteiger partial charge in [0.15, 0.2) is 6.61 Å². The van der Waals surface area contributed by atoms with Gasteiger partial charge in [0.05, 0.1) is 18.7 Å². The first-order valence-electron chi connectivity index (χ1n) is 7.76. The summed E-state index contributed by atoms with van der Waals surface area (Å²) in [5.41, 5.74) is 2.76. The van der Waals surface area contributed by atoms with Crippen molar-refractivity contribution in [2.24, 2.45) is 0 Å². The number of ether oxygens (including phenoxy) is 1. The second-order valence-corrected chi connectivity index (χ2v) is 6.50. The maximum absolute atomic E-state index is 11.9. The number of carbonyl (C=O) groups excluding carboxylic acids is 1. The van der Waals surface area contributed by atoms with Crippen LogP contribution in [0.4, 0.5) is 0 Å². The first kappa shape index (κ1) is 17.3. The van der Waals surface area contributed by atoms with E-state index in [4.69, 9.17) is 9.26 Å². The molecule has 130 valence electrons. The highest BCUT2D eigenvalue weighted by Crippen LogP contribution is 2.20. The fourth-order valence-electron chi connectivity index (χ4n) is 2.37. The molecule has 0 saturated heterocycles. The number of esters is 1. The van der Waals surface area contributed by atoms with Gasteiger partial charge in [-0.3, -0.25) is 9.48 Å². The third kappa shape index (κ3) is 4.54. The molecule has 3 aromatic rings. The molecule has 0 atom stereocenters. The SMILES string of the molecule is Cc1cc(C)n(CCC(=O)OCc2nc(-c3cccc(Br)c3)no2)n1. The lowest BCUT2D eigenvalue weighted by atomic mass is 10.2. The van der Waals surface area contributed by atoms with E-state index >= 15 is 0 Å². The minimum absolute atomic E-state index is 0.0447. The zero-order valence-corrected chi connectivity index (χ0v) is 15.5. The summed E-state index contributed by atoms with van der Waals surface area (Å²) in [4.78, 5) is 16.1. The molecule has 0 aliphatic heterocycles. The van der Waals surface area contributed by atoms with Crippen molar-refractivity contribution in [2.75, 3.05) is 0 Å². The van der Waals surface area contributed by atoms with E-state index in [1.54, 1.807) is 4.68 Å². The van der Waals surface area contributed by atoms with Gasteiger partial charge < -0.3 is 9.26 Å². The molecule has 0 amide bonds. The Hall–Kier alpha value is -2.48. The fourth-order valence-corrected chi connectivity index (χ4v) is 2.77. The second-order valence-electron chi connectivity index (χ2n) is 5.58. The summed E-state index contributed by atoms with van der Waals surface area (Å²) in [5.74, 6) is 0.374. The third-order valence-electron chi connectivity index (χ3n) is 3.54.